The molecule has 12 heteroatoms. The summed E-state index contributed by atoms with van der Waals surface area (Å²) in [5.74, 6) is 0.340. The van der Waals surface area contributed by atoms with E-state index in [2.05, 4.69) is 25.6 Å². The van der Waals surface area contributed by atoms with Gasteiger partial charge in [0.1, 0.15) is 5.69 Å². The lowest BCUT2D eigenvalue weighted by Gasteiger charge is -2.16. The molecule has 2 heterocycles. The van der Waals surface area contributed by atoms with Gasteiger partial charge in [-0.05, 0) is 22.6 Å². The molecule has 0 aromatic carbocycles. The molecule has 100 valence electrons. The van der Waals surface area contributed by atoms with E-state index in [1.54, 1.807) is 0 Å². The summed E-state index contributed by atoms with van der Waals surface area (Å²) in [4.78, 5) is 3.99. The molecular formula is C7H9BN6O4S. The number of nitrogens with one attached hydrogen (secondary N) is 1. The zero-order valence-electron chi connectivity index (χ0n) is 9.41. The Labute approximate surface area is 109 Å². The first-order valence-corrected chi connectivity index (χ1v) is 6.19. The van der Waals surface area contributed by atoms with E-state index >= 15 is 0 Å². The summed E-state index contributed by atoms with van der Waals surface area (Å²) in [6.45, 7) is 0. The minimum atomic E-state index is -3.00. The molecule has 0 aliphatic carbocycles. The van der Waals surface area contributed by atoms with Crippen LogP contribution in [0, 0.1) is 0 Å². The van der Waals surface area contributed by atoms with Crippen molar-refractivity contribution in [2.24, 2.45) is 0 Å². The predicted octanol–water partition coefficient (Wildman–Crippen LogP) is -2.39. The summed E-state index contributed by atoms with van der Waals surface area (Å²) >= 11 is 0. The molecule has 0 radical (unpaired) electrons. The fourth-order valence-corrected chi connectivity index (χ4v) is 1.95. The van der Waals surface area contributed by atoms with Crippen LogP contribution in [0.15, 0.2) is 18.3 Å². The summed E-state index contributed by atoms with van der Waals surface area (Å²) in [5.41, 5.74) is 0.639. The Morgan fingerprint density at radius 2 is 2.16 bits per heavy atom. The maximum atomic E-state index is 11.0. The van der Waals surface area contributed by atoms with E-state index in [9.17, 15) is 8.42 Å². The fraction of sp³-hybridized carbons (Fsp3) is 0.143. The summed E-state index contributed by atoms with van der Waals surface area (Å²) in [5, 5.41) is 30.6. The largest absolute Gasteiger partial charge is 0.473 e. The average Bonchev–Trinajstić information content (AvgIpc) is 2.89. The van der Waals surface area contributed by atoms with Gasteiger partial charge in [0.2, 0.25) is 10.9 Å². The first kappa shape index (κ1) is 13.4. The molecule has 19 heavy (non-hydrogen) atoms. The van der Waals surface area contributed by atoms with Gasteiger partial charge >= 0.3 is 7.12 Å². The van der Waals surface area contributed by atoms with E-state index < -0.39 is 24.5 Å². The highest BCUT2D eigenvalue weighted by Gasteiger charge is 2.17. The van der Waals surface area contributed by atoms with Crippen LogP contribution in [0.4, 0.5) is 5.69 Å². The van der Waals surface area contributed by atoms with Crippen LogP contribution >= 0.6 is 0 Å². The first-order chi connectivity index (χ1) is 9.08. The maximum Gasteiger partial charge on any atom is 0.473 e. The summed E-state index contributed by atoms with van der Waals surface area (Å²) in [7, 11) is -4.77. The van der Waals surface area contributed by atoms with Gasteiger partial charge in [0.25, 0.3) is 0 Å². The van der Waals surface area contributed by atoms with E-state index in [-0.39, 0.29) is 5.69 Å². The third kappa shape index (κ3) is 3.24. The number of hydrogen-bond donors (Lipinski definition) is 4. The Balaban J connectivity index is 2.25. The van der Waals surface area contributed by atoms with E-state index in [0.29, 0.717) is 11.5 Å². The maximum absolute atomic E-state index is 11.0. The van der Waals surface area contributed by atoms with Crippen LogP contribution in [-0.4, -0.2) is 57.6 Å². The zero-order valence-corrected chi connectivity index (χ0v) is 10.3. The van der Waals surface area contributed by atoms with E-state index in [4.69, 9.17) is 10.0 Å². The van der Waals surface area contributed by atoms with Gasteiger partial charge in [-0.25, -0.2) is 13.5 Å². The van der Waals surface area contributed by atoms with Gasteiger partial charge in [-0.15, -0.1) is 5.10 Å². The van der Waals surface area contributed by atoms with Gasteiger partial charge in [-0.3, -0.25) is 9.29 Å². The van der Waals surface area contributed by atoms with Crippen molar-refractivity contribution >= 4 is 23.7 Å². The van der Waals surface area contributed by atoms with Crippen LogP contribution in [0.5, 0.6) is 0 Å². The Bertz CT molecular complexity index is 593. The summed E-state index contributed by atoms with van der Waals surface area (Å²) in [6.07, 6.45) is 0.801. The number of tetrazole rings is 1. The molecule has 0 fully saturated rings. The van der Waals surface area contributed by atoms with Crippen LogP contribution in [0.1, 0.15) is 0 Å². The molecule has 0 bridgehead atoms. The Kier molecular flexibility index (Phi) is 4.04. The van der Waals surface area contributed by atoms with Crippen LogP contribution in [-0.2, 0) is 10.9 Å². The normalized spacial score (nSPS) is 10.7. The summed E-state index contributed by atoms with van der Waals surface area (Å²) in [6, 6.07) is 2.96. The van der Waals surface area contributed by atoms with Gasteiger partial charge < -0.3 is 10.0 Å². The molecule has 2 aromatic rings. The van der Waals surface area contributed by atoms with Crippen molar-refractivity contribution in [2.75, 3.05) is 10.7 Å². The molecule has 0 unspecified atom stereocenters. The third-order valence-electron chi connectivity index (χ3n) is 2.17. The molecule has 0 atom stereocenters. The lowest BCUT2D eigenvalue weighted by molar-refractivity contribution is 0.408. The molecule has 10 nitrogen and oxygen atoms in total. The summed E-state index contributed by atoms with van der Waals surface area (Å²) < 4.78 is 22.8. The monoisotopic (exact) mass is 284 g/mol. The van der Waals surface area contributed by atoms with Gasteiger partial charge in [0.05, 0.1) is 18.3 Å². The van der Waals surface area contributed by atoms with Crippen LogP contribution in [0.2, 0.25) is 0 Å². The molecule has 0 saturated carbocycles. The highest BCUT2D eigenvalue weighted by molar-refractivity contribution is 7.74. The van der Waals surface area contributed by atoms with Crippen LogP contribution in [0.25, 0.3) is 11.5 Å². The van der Waals surface area contributed by atoms with Crippen molar-refractivity contribution < 1.29 is 18.5 Å². The number of anilines is 1. The van der Waals surface area contributed by atoms with Crippen molar-refractivity contribution in [3.63, 3.8) is 0 Å². The second kappa shape index (κ2) is 5.73. The number of nitrogens with zero attached hydrogens (tertiary/aromatic N) is 5. The standard InChI is InChI=1S/C7H9BN6O4S/c15-8(16)4-14(19(17)18)5-1-2-6(9-3-5)7-10-12-13-11-7/h1-3,15-16,19H,4H2,(H,10,11,12,13). The first-order valence-electron chi connectivity index (χ1n) is 5.06. The van der Waals surface area contributed by atoms with Gasteiger partial charge in [-0.1, -0.05) is 0 Å². The Hall–Kier alpha value is -2.05. The molecule has 0 aliphatic heterocycles. The average molecular weight is 284 g/mol. The van der Waals surface area contributed by atoms with Gasteiger partial charge in [-0.2, -0.15) is 0 Å². The Morgan fingerprint density at radius 3 is 2.63 bits per heavy atom. The van der Waals surface area contributed by atoms with Gasteiger partial charge in [0, 0.05) is 0 Å². The highest BCUT2D eigenvalue weighted by Crippen LogP contribution is 2.17. The van der Waals surface area contributed by atoms with Crippen molar-refractivity contribution in [3.8, 4) is 11.5 Å². The predicted molar refractivity (Wildman–Crippen MR) is 65.3 cm³/mol. The number of thiol groups is 1. The molecule has 0 spiro atoms. The van der Waals surface area contributed by atoms with Crippen molar-refractivity contribution in [1.29, 1.82) is 0 Å². The molecule has 0 amide bonds. The number of aromatic nitrogens is 5. The SMILES string of the molecule is O=[SH](=O)N(CB(O)O)c1ccc(-c2nnn[nH]2)nc1. The lowest BCUT2D eigenvalue weighted by Crippen LogP contribution is -2.34. The van der Waals surface area contributed by atoms with E-state index in [1.165, 1.54) is 18.3 Å². The van der Waals surface area contributed by atoms with Crippen LogP contribution < -0.4 is 4.31 Å². The van der Waals surface area contributed by atoms with Gasteiger partial charge in [0.15, 0.2) is 5.82 Å². The number of hydrogen-bond acceptors (Lipinski definition) is 8. The lowest BCUT2D eigenvalue weighted by atomic mass is 9.92. The molecule has 0 saturated heterocycles. The van der Waals surface area contributed by atoms with E-state index in [0.717, 1.165) is 4.31 Å². The quantitative estimate of drug-likeness (QED) is 0.351. The second-order valence-corrected chi connectivity index (χ2v) is 4.41. The number of pyridine rings is 1. The minimum absolute atomic E-state index is 0.209. The zero-order chi connectivity index (χ0) is 13.8. The topological polar surface area (TPSA) is 145 Å². The smallest absolute Gasteiger partial charge is 0.426 e. The minimum Gasteiger partial charge on any atom is -0.426 e. The number of rotatable bonds is 5. The van der Waals surface area contributed by atoms with Crippen molar-refractivity contribution in [1.82, 2.24) is 25.6 Å². The van der Waals surface area contributed by atoms with Crippen LogP contribution in [0.3, 0.4) is 0 Å². The molecular weight excluding hydrogens is 275 g/mol. The molecule has 2 aromatic heterocycles. The number of H-pyrrole nitrogens is 1. The van der Waals surface area contributed by atoms with Crippen molar-refractivity contribution in [2.45, 2.75) is 0 Å². The fourth-order valence-electron chi connectivity index (χ4n) is 1.37. The third-order valence-corrected chi connectivity index (χ3v) is 2.96. The van der Waals surface area contributed by atoms with E-state index in [1.807, 2.05) is 0 Å². The second-order valence-electron chi connectivity index (χ2n) is 3.45. The highest BCUT2D eigenvalue weighted by atomic mass is 32.2. The number of aromatic amines is 1. The Morgan fingerprint density at radius 1 is 1.37 bits per heavy atom. The molecule has 2 rings (SSSR count). The molecule has 3 N–H and O–H groups in total. The van der Waals surface area contributed by atoms with Crippen molar-refractivity contribution in [3.05, 3.63) is 18.3 Å². The molecule has 0 aliphatic rings.